The van der Waals surface area contributed by atoms with Gasteiger partial charge in [0.05, 0.1) is 13.7 Å². The molecule has 1 aliphatic rings. The van der Waals surface area contributed by atoms with E-state index in [0.717, 1.165) is 37.4 Å². The van der Waals surface area contributed by atoms with E-state index < -0.39 is 0 Å². The number of anilines is 1. The minimum atomic E-state index is -0.128. The molecule has 0 radical (unpaired) electrons. The molecule has 0 aliphatic carbocycles. The van der Waals surface area contributed by atoms with Crippen molar-refractivity contribution in [2.75, 3.05) is 38.3 Å². The lowest BCUT2D eigenvalue weighted by Crippen LogP contribution is -2.48. The highest BCUT2D eigenvalue weighted by molar-refractivity contribution is 5.74. The van der Waals surface area contributed by atoms with Gasteiger partial charge in [-0.2, -0.15) is 0 Å². The van der Waals surface area contributed by atoms with Gasteiger partial charge >= 0.3 is 6.03 Å². The fourth-order valence-electron chi connectivity index (χ4n) is 3.66. The van der Waals surface area contributed by atoms with E-state index in [-0.39, 0.29) is 12.1 Å². The largest absolute Gasteiger partial charge is 0.497 e. The lowest BCUT2D eigenvalue weighted by Gasteiger charge is -2.34. The fourth-order valence-corrected chi connectivity index (χ4v) is 3.66. The summed E-state index contributed by atoms with van der Waals surface area (Å²) in [5.41, 5.74) is 3.54. The fraction of sp³-hybridized carbons (Fsp3) is 0.435. The van der Waals surface area contributed by atoms with Crippen LogP contribution in [0, 0.1) is 13.8 Å². The van der Waals surface area contributed by atoms with Gasteiger partial charge in [-0.1, -0.05) is 6.07 Å². The highest BCUT2D eigenvalue weighted by Crippen LogP contribution is 2.22. The van der Waals surface area contributed by atoms with E-state index in [9.17, 15) is 4.79 Å². The molecule has 0 saturated carbocycles. The first kappa shape index (κ1) is 20.8. The molecule has 0 unspecified atom stereocenters. The smallest absolute Gasteiger partial charge is 0.315 e. The predicted molar refractivity (Wildman–Crippen MR) is 116 cm³/mol. The first-order valence-electron chi connectivity index (χ1n) is 10.2. The highest BCUT2D eigenvalue weighted by Gasteiger charge is 2.20. The number of hydrogen-bond donors (Lipinski definition) is 2. The molecule has 1 aliphatic heterocycles. The van der Waals surface area contributed by atoms with E-state index in [4.69, 9.17) is 9.47 Å². The first-order valence-corrected chi connectivity index (χ1v) is 10.2. The van der Waals surface area contributed by atoms with Crippen LogP contribution in [0.15, 0.2) is 42.5 Å². The average molecular weight is 398 g/mol. The van der Waals surface area contributed by atoms with Crippen molar-refractivity contribution in [3.8, 4) is 11.5 Å². The van der Waals surface area contributed by atoms with Crippen molar-refractivity contribution >= 4 is 11.7 Å². The number of urea groups is 1. The maximum absolute atomic E-state index is 12.1. The van der Waals surface area contributed by atoms with Crippen LogP contribution in [0.1, 0.15) is 24.0 Å². The molecule has 156 valence electrons. The predicted octanol–water partition coefficient (Wildman–Crippen LogP) is 3.66. The van der Waals surface area contributed by atoms with E-state index >= 15 is 0 Å². The Hall–Kier alpha value is -2.89. The molecule has 1 heterocycles. The number of ether oxygens (including phenoxy) is 2. The molecule has 6 nitrogen and oxygen atoms in total. The van der Waals surface area contributed by atoms with Crippen LogP contribution >= 0.6 is 0 Å². The van der Waals surface area contributed by atoms with Gasteiger partial charge in [-0.15, -0.1) is 0 Å². The minimum Gasteiger partial charge on any atom is -0.497 e. The molecular weight excluding hydrogens is 366 g/mol. The summed E-state index contributed by atoms with van der Waals surface area (Å²) < 4.78 is 10.9. The van der Waals surface area contributed by atoms with E-state index in [1.54, 1.807) is 7.11 Å². The van der Waals surface area contributed by atoms with Gasteiger partial charge in [0.15, 0.2) is 0 Å². The number of rotatable bonds is 7. The van der Waals surface area contributed by atoms with Gasteiger partial charge in [-0.3, -0.25) is 0 Å². The summed E-state index contributed by atoms with van der Waals surface area (Å²) in [6, 6.07) is 14.3. The maximum Gasteiger partial charge on any atom is 0.315 e. The molecule has 1 saturated heterocycles. The molecule has 0 atom stereocenters. The number of methoxy groups -OCH3 is 1. The number of amides is 2. The zero-order chi connectivity index (χ0) is 20.6. The zero-order valence-corrected chi connectivity index (χ0v) is 17.5. The molecular formula is C23H31N3O3. The van der Waals surface area contributed by atoms with E-state index in [1.165, 1.54) is 16.8 Å². The van der Waals surface area contributed by atoms with Crippen LogP contribution < -0.4 is 25.0 Å². The van der Waals surface area contributed by atoms with Crippen molar-refractivity contribution in [2.45, 2.75) is 32.7 Å². The Morgan fingerprint density at radius 3 is 2.31 bits per heavy atom. The monoisotopic (exact) mass is 397 g/mol. The van der Waals surface area contributed by atoms with Crippen molar-refractivity contribution < 1.29 is 14.3 Å². The number of hydrogen-bond acceptors (Lipinski definition) is 4. The number of nitrogens with one attached hydrogen (secondary N) is 2. The van der Waals surface area contributed by atoms with Crippen LogP contribution in [0.4, 0.5) is 10.5 Å². The van der Waals surface area contributed by atoms with Gasteiger partial charge in [0.1, 0.15) is 18.1 Å². The van der Waals surface area contributed by atoms with Crippen molar-refractivity contribution in [1.29, 1.82) is 0 Å². The van der Waals surface area contributed by atoms with E-state index in [1.807, 2.05) is 38.1 Å². The molecule has 3 rings (SSSR count). The number of aryl methyl sites for hydroxylation is 2. The summed E-state index contributed by atoms with van der Waals surface area (Å²) in [6.45, 7) is 6.87. The van der Waals surface area contributed by atoms with Crippen LogP contribution in [0.25, 0.3) is 0 Å². The first-order chi connectivity index (χ1) is 14.0. The molecule has 6 heteroatoms. The van der Waals surface area contributed by atoms with Crippen LogP contribution in [0.3, 0.4) is 0 Å². The Kier molecular flexibility index (Phi) is 7.22. The second-order valence-corrected chi connectivity index (χ2v) is 7.53. The van der Waals surface area contributed by atoms with Gasteiger partial charge in [0.25, 0.3) is 0 Å². The SMILES string of the molecule is COc1ccc(N2CCC(NC(=O)NCCOc3cc(C)cc(C)c3)CC2)cc1. The van der Waals surface area contributed by atoms with Crippen molar-refractivity contribution in [1.82, 2.24) is 10.6 Å². The van der Waals surface area contributed by atoms with Crippen molar-refractivity contribution in [2.24, 2.45) is 0 Å². The van der Waals surface area contributed by atoms with Gasteiger partial charge in [0.2, 0.25) is 0 Å². The lowest BCUT2D eigenvalue weighted by molar-refractivity contribution is 0.230. The Balaban J connectivity index is 1.34. The summed E-state index contributed by atoms with van der Waals surface area (Å²) >= 11 is 0. The van der Waals surface area contributed by atoms with E-state index in [2.05, 4.69) is 33.7 Å². The molecule has 0 spiro atoms. The number of nitrogens with zero attached hydrogens (tertiary/aromatic N) is 1. The van der Waals surface area contributed by atoms with Crippen LogP contribution in [-0.4, -0.2) is 45.4 Å². The molecule has 2 N–H and O–H groups in total. The topological polar surface area (TPSA) is 62.8 Å². The number of carbonyl (C=O) groups is 1. The third-order valence-electron chi connectivity index (χ3n) is 5.12. The lowest BCUT2D eigenvalue weighted by atomic mass is 10.0. The highest BCUT2D eigenvalue weighted by atomic mass is 16.5. The van der Waals surface area contributed by atoms with Crippen LogP contribution in [0.2, 0.25) is 0 Å². The Bertz CT molecular complexity index is 779. The maximum atomic E-state index is 12.1. The zero-order valence-electron chi connectivity index (χ0n) is 17.5. The van der Waals surface area contributed by atoms with Gasteiger partial charge in [-0.25, -0.2) is 4.79 Å². The molecule has 0 bridgehead atoms. The minimum absolute atomic E-state index is 0.128. The Morgan fingerprint density at radius 2 is 1.69 bits per heavy atom. The van der Waals surface area contributed by atoms with E-state index in [0.29, 0.717) is 13.2 Å². The third-order valence-corrected chi connectivity index (χ3v) is 5.12. The Morgan fingerprint density at radius 1 is 1.03 bits per heavy atom. The molecule has 0 aromatic heterocycles. The summed E-state index contributed by atoms with van der Waals surface area (Å²) in [6.07, 6.45) is 1.86. The standard InChI is InChI=1S/C23H31N3O3/c1-17-14-18(2)16-22(15-17)29-13-10-24-23(27)25-19-8-11-26(12-9-19)20-4-6-21(28-3)7-5-20/h4-7,14-16,19H,8-13H2,1-3H3,(H2,24,25,27). The summed E-state index contributed by atoms with van der Waals surface area (Å²) in [5.74, 6) is 1.71. The molecule has 2 amide bonds. The van der Waals surface area contributed by atoms with Crippen molar-refractivity contribution in [3.05, 3.63) is 53.6 Å². The van der Waals surface area contributed by atoms with Gasteiger partial charge in [-0.05, 0) is 74.2 Å². The third kappa shape index (κ3) is 6.31. The molecule has 2 aromatic carbocycles. The number of carbonyl (C=O) groups excluding carboxylic acids is 1. The van der Waals surface area contributed by atoms with Gasteiger partial charge < -0.3 is 25.0 Å². The van der Waals surface area contributed by atoms with Crippen LogP contribution in [-0.2, 0) is 0 Å². The average Bonchev–Trinajstić information content (AvgIpc) is 2.71. The second-order valence-electron chi connectivity index (χ2n) is 7.53. The Labute approximate surface area is 173 Å². The normalized spacial score (nSPS) is 14.4. The molecule has 2 aromatic rings. The quantitative estimate of drug-likeness (QED) is 0.700. The van der Waals surface area contributed by atoms with Crippen LogP contribution in [0.5, 0.6) is 11.5 Å². The van der Waals surface area contributed by atoms with Gasteiger partial charge in [0, 0.05) is 24.8 Å². The summed E-state index contributed by atoms with van der Waals surface area (Å²) in [4.78, 5) is 14.5. The number of piperidine rings is 1. The molecule has 1 fully saturated rings. The summed E-state index contributed by atoms with van der Waals surface area (Å²) in [5, 5.41) is 5.96. The number of benzene rings is 2. The van der Waals surface area contributed by atoms with Crippen molar-refractivity contribution in [3.63, 3.8) is 0 Å². The summed E-state index contributed by atoms with van der Waals surface area (Å²) in [7, 11) is 1.67. The second kappa shape index (κ2) is 10.0. The molecule has 29 heavy (non-hydrogen) atoms.